The molecule has 0 radical (unpaired) electrons. The standard InChI is InChI=1S/C24H31N3O2/c1-18-7-6-10-22(19(18)2)26-23(28)16-25-24(29)17-27-13-11-21(12-14-27)15-20-8-4-3-5-9-20/h3-10,21H,11-17H2,1-2H3,(H,25,29)(H,26,28)/p+1. The lowest BCUT2D eigenvalue weighted by atomic mass is 9.90. The molecule has 1 saturated heterocycles. The van der Waals surface area contributed by atoms with Gasteiger partial charge in [-0.1, -0.05) is 42.5 Å². The van der Waals surface area contributed by atoms with Crippen LogP contribution in [-0.2, 0) is 16.0 Å². The quantitative estimate of drug-likeness (QED) is 0.672. The maximum absolute atomic E-state index is 12.2. The Kier molecular flexibility index (Phi) is 7.42. The molecular weight excluding hydrogens is 362 g/mol. The largest absolute Gasteiger partial charge is 0.342 e. The second-order valence-electron chi connectivity index (χ2n) is 8.13. The van der Waals surface area contributed by atoms with Gasteiger partial charge in [-0.15, -0.1) is 0 Å². The van der Waals surface area contributed by atoms with Crippen molar-refractivity contribution in [1.29, 1.82) is 0 Å². The fourth-order valence-electron chi connectivity index (χ4n) is 3.96. The maximum Gasteiger partial charge on any atom is 0.275 e. The zero-order chi connectivity index (χ0) is 20.6. The topological polar surface area (TPSA) is 62.6 Å². The van der Waals surface area contributed by atoms with E-state index in [9.17, 15) is 9.59 Å². The van der Waals surface area contributed by atoms with Crippen molar-refractivity contribution in [1.82, 2.24) is 5.32 Å². The minimum atomic E-state index is -0.191. The number of anilines is 1. The fourth-order valence-corrected chi connectivity index (χ4v) is 3.96. The Bertz CT molecular complexity index is 827. The minimum Gasteiger partial charge on any atom is -0.342 e. The third kappa shape index (κ3) is 6.43. The molecule has 3 rings (SSSR count). The second-order valence-corrected chi connectivity index (χ2v) is 8.13. The molecule has 0 bridgehead atoms. The highest BCUT2D eigenvalue weighted by molar-refractivity contribution is 5.95. The molecule has 5 nitrogen and oxygen atoms in total. The van der Waals surface area contributed by atoms with E-state index in [1.165, 1.54) is 10.5 Å². The molecule has 2 aromatic carbocycles. The van der Waals surface area contributed by atoms with Gasteiger partial charge in [0.25, 0.3) is 5.91 Å². The van der Waals surface area contributed by atoms with E-state index in [0.717, 1.165) is 49.2 Å². The van der Waals surface area contributed by atoms with Crippen LogP contribution in [0.4, 0.5) is 5.69 Å². The van der Waals surface area contributed by atoms with Crippen LogP contribution in [-0.4, -0.2) is 38.0 Å². The number of likely N-dealkylation sites (tertiary alicyclic amines) is 1. The lowest BCUT2D eigenvalue weighted by Gasteiger charge is -2.28. The average molecular weight is 395 g/mol. The van der Waals surface area contributed by atoms with E-state index >= 15 is 0 Å². The van der Waals surface area contributed by atoms with E-state index in [2.05, 4.69) is 41.0 Å². The summed E-state index contributed by atoms with van der Waals surface area (Å²) in [4.78, 5) is 25.7. The summed E-state index contributed by atoms with van der Waals surface area (Å²) in [5.74, 6) is 0.453. The van der Waals surface area contributed by atoms with Crippen LogP contribution in [0, 0.1) is 19.8 Å². The summed E-state index contributed by atoms with van der Waals surface area (Å²) in [6.45, 7) is 6.47. The molecule has 0 aliphatic carbocycles. The number of quaternary nitrogens is 1. The third-order valence-electron chi connectivity index (χ3n) is 5.91. The number of benzene rings is 2. The monoisotopic (exact) mass is 394 g/mol. The van der Waals surface area contributed by atoms with Gasteiger partial charge in [0.1, 0.15) is 0 Å². The van der Waals surface area contributed by atoms with Crippen LogP contribution >= 0.6 is 0 Å². The molecule has 2 amide bonds. The normalized spacial score (nSPS) is 18.8. The van der Waals surface area contributed by atoms with Gasteiger partial charge in [-0.2, -0.15) is 0 Å². The number of rotatable bonds is 7. The molecule has 5 heteroatoms. The van der Waals surface area contributed by atoms with E-state index in [1.807, 2.05) is 32.0 Å². The smallest absolute Gasteiger partial charge is 0.275 e. The summed E-state index contributed by atoms with van der Waals surface area (Å²) in [5.41, 5.74) is 4.38. The van der Waals surface area contributed by atoms with Gasteiger partial charge in [0.15, 0.2) is 6.54 Å². The molecule has 2 aromatic rings. The Morgan fingerprint density at radius 1 is 0.966 bits per heavy atom. The highest BCUT2D eigenvalue weighted by Crippen LogP contribution is 2.18. The van der Waals surface area contributed by atoms with Crippen LogP contribution in [0.2, 0.25) is 0 Å². The number of hydrogen-bond acceptors (Lipinski definition) is 2. The molecule has 1 aliphatic heterocycles. The number of aryl methyl sites for hydroxylation is 1. The Labute approximate surface area is 173 Å². The molecule has 29 heavy (non-hydrogen) atoms. The van der Waals surface area contributed by atoms with E-state index in [4.69, 9.17) is 0 Å². The predicted molar refractivity (Wildman–Crippen MR) is 116 cm³/mol. The number of carbonyl (C=O) groups excluding carboxylic acids is 2. The van der Waals surface area contributed by atoms with Crippen LogP contribution < -0.4 is 15.5 Å². The summed E-state index contributed by atoms with van der Waals surface area (Å²) >= 11 is 0. The Morgan fingerprint density at radius 3 is 2.41 bits per heavy atom. The van der Waals surface area contributed by atoms with Gasteiger partial charge in [0.2, 0.25) is 5.91 Å². The number of amides is 2. The van der Waals surface area contributed by atoms with Crippen molar-refractivity contribution in [2.24, 2.45) is 5.92 Å². The van der Waals surface area contributed by atoms with Crippen molar-refractivity contribution >= 4 is 17.5 Å². The number of nitrogens with one attached hydrogen (secondary N) is 3. The molecule has 3 N–H and O–H groups in total. The fraction of sp³-hybridized carbons (Fsp3) is 0.417. The lowest BCUT2D eigenvalue weighted by molar-refractivity contribution is -0.898. The maximum atomic E-state index is 12.2. The van der Waals surface area contributed by atoms with Crippen molar-refractivity contribution < 1.29 is 14.5 Å². The first-order valence-corrected chi connectivity index (χ1v) is 10.5. The van der Waals surface area contributed by atoms with Crippen molar-refractivity contribution in [2.75, 3.05) is 31.5 Å². The van der Waals surface area contributed by atoms with Crippen molar-refractivity contribution in [3.05, 3.63) is 65.2 Å². The third-order valence-corrected chi connectivity index (χ3v) is 5.91. The summed E-state index contributed by atoms with van der Waals surface area (Å²) in [6, 6.07) is 16.4. The number of hydrogen-bond donors (Lipinski definition) is 3. The highest BCUT2D eigenvalue weighted by atomic mass is 16.2. The first-order chi connectivity index (χ1) is 14.0. The second kappa shape index (κ2) is 10.2. The van der Waals surface area contributed by atoms with Gasteiger partial charge in [-0.05, 0) is 61.8 Å². The predicted octanol–water partition coefficient (Wildman–Crippen LogP) is 1.90. The number of carbonyl (C=O) groups is 2. The van der Waals surface area contributed by atoms with E-state index in [-0.39, 0.29) is 18.4 Å². The number of piperidine rings is 1. The molecule has 0 aromatic heterocycles. The SMILES string of the molecule is Cc1cccc(NC(=O)CNC(=O)C[NH+]2CCC(Cc3ccccc3)CC2)c1C. The Balaban J connectivity index is 1.36. The molecule has 1 fully saturated rings. The van der Waals surface area contributed by atoms with Crippen LogP contribution in [0.1, 0.15) is 29.5 Å². The van der Waals surface area contributed by atoms with Gasteiger partial charge < -0.3 is 15.5 Å². The van der Waals surface area contributed by atoms with Gasteiger partial charge in [0.05, 0.1) is 19.6 Å². The summed E-state index contributed by atoms with van der Waals surface area (Å²) in [6.07, 6.45) is 3.41. The summed E-state index contributed by atoms with van der Waals surface area (Å²) in [7, 11) is 0. The van der Waals surface area contributed by atoms with E-state index < -0.39 is 0 Å². The Morgan fingerprint density at radius 2 is 1.69 bits per heavy atom. The average Bonchev–Trinajstić information content (AvgIpc) is 2.72. The van der Waals surface area contributed by atoms with Crippen LogP contribution in [0.5, 0.6) is 0 Å². The van der Waals surface area contributed by atoms with Gasteiger partial charge in [0, 0.05) is 5.69 Å². The van der Waals surface area contributed by atoms with Crippen LogP contribution in [0.3, 0.4) is 0 Å². The molecule has 0 unspecified atom stereocenters. The van der Waals surface area contributed by atoms with Gasteiger partial charge >= 0.3 is 0 Å². The van der Waals surface area contributed by atoms with Crippen molar-refractivity contribution in [3.63, 3.8) is 0 Å². The lowest BCUT2D eigenvalue weighted by Crippen LogP contribution is -3.14. The van der Waals surface area contributed by atoms with E-state index in [0.29, 0.717) is 12.5 Å². The van der Waals surface area contributed by atoms with Gasteiger partial charge in [-0.25, -0.2) is 0 Å². The molecule has 0 spiro atoms. The molecule has 1 heterocycles. The molecule has 0 saturated carbocycles. The summed E-state index contributed by atoms with van der Waals surface area (Å²) < 4.78 is 0. The van der Waals surface area contributed by atoms with E-state index in [1.54, 1.807) is 0 Å². The molecule has 1 aliphatic rings. The van der Waals surface area contributed by atoms with Crippen LogP contribution in [0.25, 0.3) is 0 Å². The first kappa shape index (κ1) is 21.1. The van der Waals surface area contributed by atoms with Crippen LogP contribution in [0.15, 0.2) is 48.5 Å². The first-order valence-electron chi connectivity index (χ1n) is 10.5. The van der Waals surface area contributed by atoms with Crippen molar-refractivity contribution in [3.8, 4) is 0 Å². The molecule has 154 valence electrons. The molecular formula is C24H32N3O2+. The highest BCUT2D eigenvalue weighted by Gasteiger charge is 2.24. The zero-order valence-corrected chi connectivity index (χ0v) is 17.5. The minimum absolute atomic E-state index is 0.0100. The molecule has 0 atom stereocenters. The zero-order valence-electron chi connectivity index (χ0n) is 17.5. The van der Waals surface area contributed by atoms with Crippen molar-refractivity contribution in [2.45, 2.75) is 33.1 Å². The Hall–Kier alpha value is -2.66. The van der Waals surface area contributed by atoms with Gasteiger partial charge in [-0.3, -0.25) is 9.59 Å². The summed E-state index contributed by atoms with van der Waals surface area (Å²) in [5, 5.41) is 5.64.